The minimum atomic E-state index is 0.332. The van der Waals surface area contributed by atoms with Crippen LogP contribution in [0.15, 0.2) is 0 Å². The Morgan fingerprint density at radius 3 is 2.12 bits per heavy atom. The Morgan fingerprint density at radius 2 is 1.65 bits per heavy atom. The average Bonchev–Trinajstić information content (AvgIpc) is 2.24. The summed E-state index contributed by atoms with van der Waals surface area (Å²) in [6.45, 7) is 16.1. The molecule has 0 aromatic rings. The summed E-state index contributed by atoms with van der Waals surface area (Å²) in [5.41, 5.74) is 0. The van der Waals surface area contributed by atoms with E-state index < -0.39 is 0 Å². The molecule has 0 aromatic heterocycles. The number of hydrogen-bond acceptors (Lipinski definition) is 3. The highest BCUT2D eigenvalue weighted by atomic mass is 16.5. The van der Waals surface area contributed by atoms with Crippen LogP contribution in [0.2, 0.25) is 0 Å². The van der Waals surface area contributed by atoms with Gasteiger partial charge in [0.1, 0.15) is 0 Å². The van der Waals surface area contributed by atoms with Crippen LogP contribution < -0.4 is 5.32 Å². The van der Waals surface area contributed by atoms with Gasteiger partial charge in [-0.1, -0.05) is 20.8 Å². The number of ether oxygens (including phenoxy) is 1. The third kappa shape index (κ3) is 8.58. The highest BCUT2D eigenvalue weighted by molar-refractivity contribution is 4.73. The van der Waals surface area contributed by atoms with Gasteiger partial charge in [0, 0.05) is 18.6 Å². The fraction of sp³-hybridized carbons (Fsp3) is 1.00. The van der Waals surface area contributed by atoms with E-state index in [1.165, 1.54) is 0 Å². The van der Waals surface area contributed by atoms with Crippen molar-refractivity contribution in [2.24, 2.45) is 5.92 Å². The highest BCUT2D eigenvalue weighted by Gasteiger charge is 2.16. The molecule has 17 heavy (non-hydrogen) atoms. The van der Waals surface area contributed by atoms with E-state index in [9.17, 15) is 0 Å². The van der Waals surface area contributed by atoms with E-state index in [4.69, 9.17) is 4.74 Å². The Kier molecular flexibility index (Phi) is 8.83. The Bertz CT molecular complexity index is 183. The van der Waals surface area contributed by atoms with Crippen molar-refractivity contribution in [3.63, 3.8) is 0 Å². The first-order valence-electron chi connectivity index (χ1n) is 6.89. The number of nitrogens with one attached hydrogen (secondary N) is 1. The molecule has 3 heteroatoms. The van der Waals surface area contributed by atoms with Gasteiger partial charge in [0.25, 0.3) is 0 Å². The summed E-state index contributed by atoms with van der Waals surface area (Å²) < 4.78 is 5.58. The summed E-state index contributed by atoms with van der Waals surface area (Å²) in [7, 11) is 2.18. The molecule has 3 nitrogen and oxygen atoms in total. The predicted octanol–water partition coefficient (Wildman–Crippen LogP) is 2.37. The van der Waals surface area contributed by atoms with Crippen LogP contribution in [0.4, 0.5) is 0 Å². The lowest BCUT2D eigenvalue weighted by molar-refractivity contribution is 0.0518. The molecule has 0 saturated carbocycles. The normalized spacial score (nSPS) is 15.9. The van der Waals surface area contributed by atoms with Gasteiger partial charge < -0.3 is 15.0 Å². The summed E-state index contributed by atoms with van der Waals surface area (Å²) in [6, 6.07) is 1.15. The van der Waals surface area contributed by atoms with Gasteiger partial charge in [-0.25, -0.2) is 0 Å². The zero-order chi connectivity index (χ0) is 13.4. The molecule has 0 bridgehead atoms. The van der Waals surface area contributed by atoms with Crippen LogP contribution in [0.3, 0.4) is 0 Å². The van der Waals surface area contributed by atoms with Gasteiger partial charge in [-0.05, 0) is 40.3 Å². The summed E-state index contributed by atoms with van der Waals surface area (Å²) in [4.78, 5) is 2.38. The summed E-state index contributed by atoms with van der Waals surface area (Å²) in [5.74, 6) is 0.654. The second-order valence-electron chi connectivity index (χ2n) is 5.68. The third-order valence-corrected chi connectivity index (χ3v) is 3.26. The van der Waals surface area contributed by atoms with Crippen LogP contribution in [0.25, 0.3) is 0 Å². The molecule has 2 unspecified atom stereocenters. The van der Waals surface area contributed by atoms with Crippen molar-refractivity contribution in [1.82, 2.24) is 10.2 Å². The van der Waals surface area contributed by atoms with E-state index in [-0.39, 0.29) is 0 Å². The van der Waals surface area contributed by atoms with Crippen LogP contribution in [0, 0.1) is 5.92 Å². The first-order valence-corrected chi connectivity index (χ1v) is 6.89. The van der Waals surface area contributed by atoms with Gasteiger partial charge in [0.05, 0.1) is 12.7 Å². The molecule has 2 atom stereocenters. The average molecular weight is 244 g/mol. The van der Waals surface area contributed by atoms with Gasteiger partial charge in [0.15, 0.2) is 0 Å². The zero-order valence-corrected chi connectivity index (χ0v) is 12.8. The monoisotopic (exact) mass is 244 g/mol. The first kappa shape index (κ1) is 16.9. The van der Waals surface area contributed by atoms with E-state index in [1.807, 2.05) is 0 Å². The van der Waals surface area contributed by atoms with Crippen LogP contribution in [-0.4, -0.2) is 49.8 Å². The van der Waals surface area contributed by atoms with E-state index in [0.29, 0.717) is 24.1 Å². The van der Waals surface area contributed by atoms with Gasteiger partial charge in [0.2, 0.25) is 0 Å². The quantitative estimate of drug-likeness (QED) is 0.674. The van der Waals surface area contributed by atoms with Crippen molar-refractivity contribution >= 4 is 0 Å². The summed E-state index contributed by atoms with van der Waals surface area (Å²) in [5, 5.41) is 3.50. The van der Waals surface area contributed by atoms with Crippen molar-refractivity contribution < 1.29 is 4.74 Å². The molecular weight excluding hydrogens is 212 g/mol. The lowest BCUT2D eigenvalue weighted by Crippen LogP contribution is -2.41. The van der Waals surface area contributed by atoms with Crippen LogP contribution in [0.1, 0.15) is 41.5 Å². The SMILES string of the molecule is CC(C)NCC(C)C(C)N(C)CCOC(C)C. The van der Waals surface area contributed by atoms with Gasteiger partial charge in [-0.3, -0.25) is 0 Å². The maximum absolute atomic E-state index is 5.58. The van der Waals surface area contributed by atoms with Crippen LogP contribution in [0.5, 0.6) is 0 Å². The standard InChI is InChI=1S/C14H32N2O/c1-11(2)15-10-13(5)14(6)16(7)8-9-17-12(3)4/h11-15H,8-10H2,1-7H3. The molecular formula is C14H32N2O. The van der Waals surface area contributed by atoms with Crippen molar-refractivity contribution in [1.29, 1.82) is 0 Å². The molecule has 0 heterocycles. The molecule has 0 fully saturated rings. The second kappa shape index (κ2) is 8.90. The Hall–Kier alpha value is -0.120. The van der Waals surface area contributed by atoms with Crippen molar-refractivity contribution in [3.05, 3.63) is 0 Å². The molecule has 0 spiro atoms. The Morgan fingerprint density at radius 1 is 1.06 bits per heavy atom. The van der Waals surface area contributed by atoms with E-state index in [1.54, 1.807) is 0 Å². The van der Waals surface area contributed by atoms with E-state index >= 15 is 0 Å². The predicted molar refractivity (Wildman–Crippen MR) is 75.5 cm³/mol. The van der Waals surface area contributed by atoms with E-state index in [0.717, 1.165) is 19.7 Å². The maximum Gasteiger partial charge on any atom is 0.0596 e. The molecule has 0 radical (unpaired) electrons. The van der Waals surface area contributed by atoms with Gasteiger partial charge >= 0.3 is 0 Å². The van der Waals surface area contributed by atoms with Crippen molar-refractivity contribution in [2.45, 2.75) is 59.7 Å². The highest BCUT2D eigenvalue weighted by Crippen LogP contribution is 2.08. The fourth-order valence-corrected chi connectivity index (χ4v) is 1.66. The first-order chi connectivity index (χ1) is 7.84. The molecule has 0 aliphatic rings. The minimum absolute atomic E-state index is 0.332. The zero-order valence-electron chi connectivity index (χ0n) is 12.8. The number of hydrogen-bond donors (Lipinski definition) is 1. The van der Waals surface area contributed by atoms with Crippen LogP contribution in [-0.2, 0) is 4.74 Å². The lowest BCUT2D eigenvalue weighted by Gasteiger charge is -2.30. The number of nitrogens with zero attached hydrogens (tertiary/aromatic N) is 1. The third-order valence-electron chi connectivity index (χ3n) is 3.26. The fourth-order valence-electron chi connectivity index (χ4n) is 1.66. The van der Waals surface area contributed by atoms with Gasteiger partial charge in [-0.15, -0.1) is 0 Å². The largest absolute Gasteiger partial charge is 0.377 e. The molecule has 0 aliphatic carbocycles. The van der Waals surface area contributed by atoms with Crippen molar-refractivity contribution in [2.75, 3.05) is 26.7 Å². The number of rotatable bonds is 9. The van der Waals surface area contributed by atoms with Crippen LogP contribution >= 0.6 is 0 Å². The molecule has 0 aliphatic heterocycles. The lowest BCUT2D eigenvalue weighted by atomic mass is 10.0. The topological polar surface area (TPSA) is 24.5 Å². The van der Waals surface area contributed by atoms with Crippen molar-refractivity contribution in [3.8, 4) is 0 Å². The number of likely N-dealkylation sites (N-methyl/N-ethyl adjacent to an activating group) is 1. The molecule has 0 aromatic carbocycles. The Labute approximate surface area is 108 Å². The Balaban J connectivity index is 3.81. The van der Waals surface area contributed by atoms with E-state index in [2.05, 4.69) is 58.8 Å². The molecule has 1 N–H and O–H groups in total. The molecule has 0 rings (SSSR count). The molecule has 104 valence electrons. The smallest absolute Gasteiger partial charge is 0.0596 e. The molecule has 0 amide bonds. The minimum Gasteiger partial charge on any atom is -0.377 e. The second-order valence-corrected chi connectivity index (χ2v) is 5.68. The summed E-state index contributed by atoms with van der Waals surface area (Å²) in [6.07, 6.45) is 0.332. The molecule has 0 saturated heterocycles. The maximum atomic E-state index is 5.58. The summed E-state index contributed by atoms with van der Waals surface area (Å²) >= 11 is 0. The van der Waals surface area contributed by atoms with Gasteiger partial charge in [-0.2, -0.15) is 0 Å².